The third-order valence-electron chi connectivity index (χ3n) is 3.52. The van der Waals surface area contributed by atoms with Crippen LogP contribution in [0.25, 0.3) is 0 Å². The van der Waals surface area contributed by atoms with Crippen LogP contribution in [0.5, 0.6) is 0 Å². The molecule has 0 saturated heterocycles. The Hall–Kier alpha value is -1.07. The van der Waals surface area contributed by atoms with Crippen molar-refractivity contribution in [1.82, 2.24) is 0 Å². The number of hydrogen-bond donors (Lipinski definition) is 1. The molecule has 5 heteroatoms. The summed E-state index contributed by atoms with van der Waals surface area (Å²) in [6, 6.07) is 7.48. The molecule has 1 aromatic carbocycles. The van der Waals surface area contributed by atoms with Gasteiger partial charge in [-0.2, -0.15) is 0 Å². The Morgan fingerprint density at radius 1 is 1.29 bits per heavy atom. The molecule has 94 valence electrons. The van der Waals surface area contributed by atoms with Crippen LogP contribution >= 0.6 is 0 Å². The summed E-state index contributed by atoms with van der Waals surface area (Å²) in [7, 11) is -1.68. The Kier molecular flexibility index (Phi) is 2.91. The molecule has 1 aromatic rings. The maximum absolute atomic E-state index is 11.6. The molecule has 0 amide bonds. The normalized spacial score (nSPS) is 18.5. The molecule has 1 aliphatic carbocycles. The van der Waals surface area contributed by atoms with E-state index >= 15 is 0 Å². The first-order valence-electron chi connectivity index (χ1n) is 5.67. The highest BCUT2D eigenvalue weighted by Crippen LogP contribution is 2.42. The molecule has 0 heterocycles. The van der Waals surface area contributed by atoms with Gasteiger partial charge in [0.05, 0.1) is 11.9 Å². The molecule has 0 radical (unpaired) electrons. The van der Waals surface area contributed by atoms with E-state index in [1.165, 1.54) is 10.6 Å². The van der Waals surface area contributed by atoms with E-state index in [2.05, 4.69) is 0 Å². The lowest BCUT2D eigenvalue weighted by Crippen LogP contribution is -2.44. The van der Waals surface area contributed by atoms with E-state index in [-0.39, 0.29) is 5.54 Å². The molecule has 17 heavy (non-hydrogen) atoms. The van der Waals surface area contributed by atoms with Gasteiger partial charge in [-0.05, 0) is 30.9 Å². The molecule has 0 spiro atoms. The molecule has 1 aliphatic rings. The van der Waals surface area contributed by atoms with Crippen molar-refractivity contribution in [2.45, 2.75) is 24.8 Å². The fraction of sp³-hybridized carbons (Fsp3) is 0.500. The number of hydrogen-bond acceptors (Lipinski definition) is 3. The second-order valence-electron chi connectivity index (χ2n) is 4.76. The molecule has 2 rings (SSSR count). The van der Waals surface area contributed by atoms with Gasteiger partial charge in [0.15, 0.2) is 0 Å². The summed E-state index contributed by atoms with van der Waals surface area (Å²) < 4.78 is 24.5. The summed E-state index contributed by atoms with van der Waals surface area (Å²) in [5.74, 6) is 0. The Bertz CT molecular complexity index is 521. The van der Waals surface area contributed by atoms with Gasteiger partial charge in [-0.3, -0.25) is 4.31 Å². The number of rotatable bonds is 3. The van der Waals surface area contributed by atoms with E-state index in [4.69, 9.17) is 5.73 Å². The lowest BCUT2D eigenvalue weighted by molar-refractivity contribution is 0.254. The lowest BCUT2D eigenvalue weighted by atomic mass is 9.72. The third-order valence-corrected chi connectivity index (χ3v) is 4.71. The van der Waals surface area contributed by atoms with Crippen molar-refractivity contribution in [3.05, 3.63) is 29.8 Å². The maximum Gasteiger partial charge on any atom is 0.232 e. The van der Waals surface area contributed by atoms with Gasteiger partial charge in [-0.25, -0.2) is 8.42 Å². The summed E-state index contributed by atoms with van der Waals surface area (Å²) in [5.41, 5.74) is 7.55. The second-order valence-corrected chi connectivity index (χ2v) is 6.77. The van der Waals surface area contributed by atoms with Crippen LogP contribution in [0, 0.1) is 0 Å². The fourth-order valence-electron chi connectivity index (χ4n) is 2.17. The molecule has 0 aliphatic heterocycles. The SMILES string of the molecule is CN(c1ccccc1C1(N)CCC1)S(C)(=O)=O. The van der Waals surface area contributed by atoms with Crippen LogP contribution in [0.2, 0.25) is 0 Å². The largest absolute Gasteiger partial charge is 0.321 e. The minimum Gasteiger partial charge on any atom is -0.321 e. The van der Waals surface area contributed by atoms with Crippen molar-refractivity contribution in [1.29, 1.82) is 0 Å². The molecular formula is C12H18N2O2S. The van der Waals surface area contributed by atoms with Gasteiger partial charge < -0.3 is 5.73 Å². The summed E-state index contributed by atoms with van der Waals surface area (Å²) in [6.45, 7) is 0. The van der Waals surface area contributed by atoms with E-state index in [0.29, 0.717) is 5.69 Å². The molecule has 1 fully saturated rings. The number of sulfonamides is 1. The van der Waals surface area contributed by atoms with Crippen LogP contribution in [0.15, 0.2) is 24.3 Å². The van der Waals surface area contributed by atoms with Crippen LogP contribution < -0.4 is 10.0 Å². The van der Waals surface area contributed by atoms with Gasteiger partial charge in [0, 0.05) is 12.6 Å². The van der Waals surface area contributed by atoms with E-state index in [9.17, 15) is 8.42 Å². The van der Waals surface area contributed by atoms with Crippen LogP contribution in [0.4, 0.5) is 5.69 Å². The third kappa shape index (κ3) is 2.17. The summed E-state index contributed by atoms with van der Waals surface area (Å²) >= 11 is 0. The molecule has 1 saturated carbocycles. The number of anilines is 1. The van der Waals surface area contributed by atoms with Crippen molar-refractivity contribution >= 4 is 15.7 Å². The highest BCUT2D eigenvalue weighted by atomic mass is 32.2. The zero-order valence-corrected chi connectivity index (χ0v) is 11.0. The van der Waals surface area contributed by atoms with Crippen molar-refractivity contribution in [2.24, 2.45) is 5.73 Å². The lowest BCUT2D eigenvalue weighted by Gasteiger charge is -2.40. The minimum absolute atomic E-state index is 0.352. The van der Waals surface area contributed by atoms with E-state index in [1.807, 2.05) is 24.3 Å². The van der Waals surface area contributed by atoms with Gasteiger partial charge in [-0.15, -0.1) is 0 Å². The molecule has 4 nitrogen and oxygen atoms in total. The highest BCUT2D eigenvalue weighted by molar-refractivity contribution is 7.92. The van der Waals surface area contributed by atoms with Gasteiger partial charge in [0.1, 0.15) is 0 Å². The average Bonchev–Trinajstić information content (AvgIpc) is 2.23. The molecule has 0 atom stereocenters. The number of para-hydroxylation sites is 1. The molecule has 0 unspecified atom stereocenters. The van der Waals surface area contributed by atoms with Crippen molar-refractivity contribution in [2.75, 3.05) is 17.6 Å². The number of nitrogens with two attached hydrogens (primary N) is 1. The Labute approximate surface area is 102 Å². The summed E-state index contributed by atoms with van der Waals surface area (Å²) in [4.78, 5) is 0. The highest BCUT2D eigenvalue weighted by Gasteiger charge is 2.37. The zero-order valence-electron chi connectivity index (χ0n) is 10.2. The van der Waals surface area contributed by atoms with Gasteiger partial charge in [0.25, 0.3) is 0 Å². The first-order chi connectivity index (χ1) is 7.84. The molecule has 0 bridgehead atoms. The summed E-state index contributed by atoms with van der Waals surface area (Å²) in [5, 5.41) is 0. The van der Waals surface area contributed by atoms with Crippen molar-refractivity contribution in [3.63, 3.8) is 0 Å². The Balaban J connectivity index is 2.48. The molecule has 0 aromatic heterocycles. The monoisotopic (exact) mass is 254 g/mol. The predicted molar refractivity (Wildman–Crippen MR) is 69.4 cm³/mol. The second kappa shape index (κ2) is 3.99. The zero-order chi connectivity index (χ0) is 12.7. The van der Waals surface area contributed by atoms with Crippen LogP contribution in [-0.2, 0) is 15.6 Å². The topological polar surface area (TPSA) is 63.4 Å². The molecular weight excluding hydrogens is 236 g/mol. The Morgan fingerprint density at radius 3 is 2.35 bits per heavy atom. The van der Waals surface area contributed by atoms with Crippen molar-refractivity contribution in [3.8, 4) is 0 Å². The van der Waals surface area contributed by atoms with Crippen molar-refractivity contribution < 1.29 is 8.42 Å². The fourth-order valence-corrected chi connectivity index (χ4v) is 2.69. The predicted octanol–water partition coefficient (Wildman–Crippen LogP) is 1.42. The maximum atomic E-state index is 11.6. The number of nitrogens with zero attached hydrogens (tertiary/aromatic N) is 1. The van der Waals surface area contributed by atoms with E-state index < -0.39 is 10.0 Å². The van der Waals surface area contributed by atoms with Crippen LogP contribution in [0.1, 0.15) is 24.8 Å². The van der Waals surface area contributed by atoms with Gasteiger partial charge in [0.2, 0.25) is 10.0 Å². The average molecular weight is 254 g/mol. The van der Waals surface area contributed by atoms with E-state index in [0.717, 1.165) is 24.8 Å². The smallest absolute Gasteiger partial charge is 0.232 e. The first-order valence-corrected chi connectivity index (χ1v) is 7.52. The molecule has 2 N–H and O–H groups in total. The minimum atomic E-state index is -3.25. The Morgan fingerprint density at radius 2 is 1.88 bits per heavy atom. The summed E-state index contributed by atoms with van der Waals surface area (Å²) in [6.07, 6.45) is 4.14. The van der Waals surface area contributed by atoms with Crippen LogP contribution in [0.3, 0.4) is 0 Å². The van der Waals surface area contributed by atoms with Gasteiger partial charge >= 0.3 is 0 Å². The first kappa shape index (κ1) is 12.4. The number of benzene rings is 1. The van der Waals surface area contributed by atoms with Gasteiger partial charge in [-0.1, -0.05) is 18.2 Å². The van der Waals surface area contributed by atoms with E-state index in [1.54, 1.807) is 7.05 Å². The quantitative estimate of drug-likeness (QED) is 0.887. The van der Waals surface area contributed by atoms with Crippen LogP contribution in [-0.4, -0.2) is 21.7 Å². The standard InChI is InChI=1S/C12H18N2O2S/c1-14(17(2,15)16)11-7-4-3-6-10(11)12(13)8-5-9-12/h3-4,6-7H,5,8-9,13H2,1-2H3.